The normalized spacial score (nSPS) is 16.3. The van der Waals surface area contributed by atoms with Gasteiger partial charge in [-0.05, 0) is 44.7 Å². The molecule has 128 valence electrons. The van der Waals surface area contributed by atoms with Gasteiger partial charge in [-0.15, -0.1) is 0 Å². The minimum absolute atomic E-state index is 0.0185. The maximum absolute atomic E-state index is 10.5. The Bertz CT molecular complexity index is 619. The lowest BCUT2D eigenvalue weighted by atomic mass is 10.2. The molecule has 0 unspecified atom stereocenters. The number of carboxylic acid groups (broad SMARTS) is 2. The van der Waals surface area contributed by atoms with Crippen molar-refractivity contribution in [3.05, 3.63) is 29.8 Å². The van der Waals surface area contributed by atoms with Crippen LogP contribution in [0.15, 0.2) is 29.2 Å². The van der Waals surface area contributed by atoms with Crippen LogP contribution < -0.4 is 0 Å². The fourth-order valence-corrected chi connectivity index (χ4v) is 1.85. The zero-order valence-electron chi connectivity index (χ0n) is 12.7. The zero-order chi connectivity index (χ0) is 17.6. The van der Waals surface area contributed by atoms with Gasteiger partial charge in [-0.1, -0.05) is 17.7 Å². The molecule has 7 nitrogen and oxygen atoms in total. The number of carboxylic acids is 2. The van der Waals surface area contributed by atoms with Crippen LogP contribution in [0.1, 0.15) is 31.2 Å². The van der Waals surface area contributed by atoms with E-state index in [1.54, 1.807) is 12.1 Å². The van der Waals surface area contributed by atoms with E-state index in [9.17, 15) is 18.0 Å². The van der Waals surface area contributed by atoms with Gasteiger partial charge in [0.15, 0.2) is 0 Å². The summed E-state index contributed by atoms with van der Waals surface area (Å²) in [6.07, 6.45) is 3.59. The minimum Gasteiger partial charge on any atom is -0.481 e. The highest BCUT2D eigenvalue weighted by atomic mass is 32.2. The van der Waals surface area contributed by atoms with Gasteiger partial charge in [0.25, 0.3) is 10.1 Å². The van der Waals surface area contributed by atoms with Crippen LogP contribution in [0, 0.1) is 18.8 Å². The molecule has 2 aliphatic carbocycles. The monoisotopic (exact) mass is 344 g/mol. The van der Waals surface area contributed by atoms with E-state index in [0.29, 0.717) is 0 Å². The summed E-state index contributed by atoms with van der Waals surface area (Å²) < 4.78 is 29.6. The third kappa shape index (κ3) is 8.32. The number of hydrogen-bond acceptors (Lipinski definition) is 4. The fourth-order valence-electron chi connectivity index (χ4n) is 1.37. The maximum Gasteiger partial charge on any atom is 0.306 e. The van der Waals surface area contributed by atoms with E-state index >= 15 is 0 Å². The van der Waals surface area contributed by atoms with E-state index in [-0.39, 0.29) is 16.7 Å². The number of benzene rings is 1. The second-order valence-electron chi connectivity index (χ2n) is 5.51. The van der Waals surface area contributed by atoms with Crippen molar-refractivity contribution < 1.29 is 32.8 Å². The molecule has 0 aromatic heterocycles. The van der Waals surface area contributed by atoms with E-state index in [4.69, 9.17) is 14.8 Å². The minimum atomic E-state index is -4.02. The summed E-state index contributed by atoms with van der Waals surface area (Å²) in [5.74, 6) is -1.22. The van der Waals surface area contributed by atoms with Crippen molar-refractivity contribution in [2.24, 2.45) is 11.8 Å². The number of hydrogen-bond donors (Lipinski definition) is 3. The zero-order valence-corrected chi connectivity index (χ0v) is 13.5. The summed E-state index contributed by atoms with van der Waals surface area (Å²) in [6, 6.07) is 5.99. The first-order valence-corrected chi connectivity index (χ1v) is 8.55. The SMILES string of the molecule is Cc1ccc(S(=O)(=O)O)cc1.O=C(O)C1CC1.O=C(O)C1CC1. The van der Waals surface area contributed by atoms with Crippen LogP contribution in [-0.4, -0.2) is 35.1 Å². The summed E-state index contributed by atoms with van der Waals surface area (Å²) in [5, 5.41) is 16.1. The molecule has 8 heteroatoms. The molecule has 2 saturated carbocycles. The summed E-state index contributed by atoms with van der Waals surface area (Å²) >= 11 is 0. The molecule has 23 heavy (non-hydrogen) atoms. The third-order valence-corrected chi connectivity index (χ3v) is 4.04. The summed E-state index contributed by atoms with van der Waals surface area (Å²) in [4.78, 5) is 19.5. The molecule has 1 aromatic carbocycles. The van der Waals surface area contributed by atoms with Crippen LogP contribution in [0.2, 0.25) is 0 Å². The largest absolute Gasteiger partial charge is 0.481 e. The molecule has 0 atom stereocenters. The van der Waals surface area contributed by atoms with E-state index in [1.807, 2.05) is 6.92 Å². The smallest absolute Gasteiger partial charge is 0.306 e. The van der Waals surface area contributed by atoms with Gasteiger partial charge in [0.2, 0.25) is 0 Å². The van der Waals surface area contributed by atoms with Crippen LogP contribution in [0.4, 0.5) is 0 Å². The maximum atomic E-state index is 10.5. The van der Waals surface area contributed by atoms with Crippen LogP contribution in [-0.2, 0) is 19.7 Å². The Morgan fingerprint density at radius 1 is 0.913 bits per heavy atom. The second-order valence-corrected chi connectivity index (χ2v) is 6.93. The molecule has 1 aromatic rings. The van der Waals surface area contributed by atoms with Crippen LogP contribution in [0.5, 0.6) is 0 Å². The van der Waals surface area contributed by atoms with Crippen molar-refractivity contribution in [2.75, 3.05) is 0 Å². The Balaban J connectivity index is 0.000000187. The Morgan fingerprint density at radius 2 is 1.26 bits per heavy atom. The molecule has 0 bridgehead atoms. The first kappa shape index (κ1) is 19.1. The molecule has 3 N–H and O–H groups in total. The predicted octanol–water partition coefficient (Wildman–Crippen LogP) is 2.20. The average molecular weight is 344 g/mol. The number of aryl methyl sites for hydroxylation is 1. The average Bonchev–Trinajstić information content (AvgIpc) is 3.30. The van der Waals surface area contributed by atoms with Crippen molar-refractivity contribution in [3.63, 3.8) is 0 Å². The van der Waals surface area contributed by atoms with Gasteiger partial charge in [-0.25, -0.2) is 0 Å². The molecule has 0 spiro atoms. The molecular formula is C15H20O7S. The van der Waals surface area contributed by atoms with E-state index < -0.39 is 22.1 Å². The molecule has 0 radical (unpaired) electrons. The molecule has 0 saturated heterocycles. The van der Waals surface area contributed by atoms with Crippen molar-refractivity contribution in [1.29, 1.82) is 0 Å². The van der Waals surface area contributed by atoms with Crippen molar-refractivity contribution in [3.8, 4) is 0 Å². The lowest BCUT2D eigenvalue weighted by molar-refractivity contribution is -0.139. The van der Waals surface area contributed by atoms with Crippen LogP contribution >= 0.6 is 0 Å². The molecule has 0 aliphatic heterocycles. The quantitative estimate of drug-likeness (QED) is 0.717. The van der Waals surface area contributed by atoms with Crippen LogP contribution in [0.25, 0.3) is 0 Å². The van der Waals surface area contributed by atoms with Crippen molar-refractivity contribution >= 4 is 22.1 Å². The Hall–Kier alpha value is -1.93. The Labute approximate surface area is 134 Å². The summed E-state index contributed by atoms with van der Waals surface area (Å²) in [7, 11) is -4.02. The van der Waals surface area contributed by atoms with Crippen molar-refractivity contribution in [1.82, 2.24) is 0 Å². The summed E-state index contributed by atoms with van der Waals surface area (Å²) in [6.45, 7) is 1.84. The third-order valence-electron chi connectivity index (χ3n) is 3.17. The van der Waals surface area contributed by atoms with Gasteiger partial charge in [-0.3, -0.25) is 14.1 Å². The van der Waals surface area contributed by atoms with Gasteiger partial charge < -0.3 is 10.2 Å². The van der Waals surface area contributed by atoms with Gasteiger partial charge in [0.1, 0.15) is 0 Å². The lowest BCUT2D eigenvalue weighted by Gasteiger charge is -1.95. The highest BCUT2D eigenvalue weighted by molar-refractivity contribution is 7.85. The highest BCUT2D eigenvalue weighted by Crippen LogP contribution is 2.28. The topological polar surface area (TPSA) is 129 Å². The highest BCUT2D eigenvalue weighted by Gasteiger charge is 2.29. The summed E-state index contributed by atoms with van der Waals surface area (Å²) in [5.41, 5.74) is 0.956. The molecule has 3 rings (SSSR count). The first-order valence-electron chi connectivity index (χ1n) is 7.11. The van der Waals surface area contributed by atoms with Gasteiger partial charge >= 0.3 is 11.9 Å². The van der Waals surface area contributed by atoms with Gasteiger partial charge in [0.05, 0.1) is 16.7 Å². The van der Waals surface area contributed by atoms with Crippen LogP contribution in [0.3, 0.4) is 0 Å². The number of carbonyl (C=O) groups is 2. The first-order chi connectivity index (χ1) is 10.6. The number of rotatable bonds is 3. The van der Waals surface area contributed by atoms with E-state index in [1.165, 1.54) is 12.1 Å². The molecule has 2 aliphatic rings. The molecular weight excluding hydrogens is 324 g/mol. The van der Waals surface area contributed by atoms with E-state index in [2.05, 4.69) is 0 Å². The molecule has 0 amide bonds. The van der Waals surface area contributed by atoms with E-state index in [0.717, 1.165) is 31.2 Å². The predicted molar refractivity (Wildman–Crippen MR) is 81.7 cm³/mol. The second kappa shape index (κ2) is 8.07. The van der Waals surface area contributed by atoms with Gasteiger partial charge in [-0.2, -0.15) is 8.42 Å². The molecule has 2 fully saturated rings. The lowest BCUT2D eigenvalue weighted by Crippen LogP contribution is -1.96. The van der Waals surface area contributed by atoms with Crippen molar-refractivity contribution in [2.45, 2.75) is 37.5 Å². The molecule has 0 heterocycles. The number of aliphatic carboxylic acids is 2. The fraction of sp³-hybridized carbons (Fsp3) is 0.467. The Morgan fingerprint density at radius 3 is 1.43 bits per heavy atom. The Kier molecular flexibility index (Phi) is 6.71. The van der Waals surface area contributed by atoms with Gasteiger partial charge in [0, 0.05) is 0 Å². The standard InChI is InChI=1S/C7H8O3S.2C4H6O2/c1-6-2-4-7(5-3-6)11(8,9)10;2*5-4(6)3-1-2-3/h2-5H,1H3,(H,8,9,10);2*3H,1-2H2,(H,5,6).